The van der Waals surface area contributed by atoms with Crippen LogP contribution in [-0.2, 0) is 0 Å². The molecule has 3 heterocycles. The maximum absolute atomic E-state index is 12.6. The van der Waals surface area contributed by atoms with Gasteiger partial charge in [0, 0.05) is 18.5 Å². The highest BCUT2D eigenvalue weighted by atomic mass is 32.2. The summed E-state index contributed by atoms with van der Waals surface area (Å²) in [6.07, 6.45) is 1.83. The lowest BCUT2D eigenvalue weighted by molar-refractivity contribution is 0.0944. The topological polar surface area (TPSA) is 45.2 Å². The molecule has 1 aromatic carbocycles. The summed E-state index contributed by atoms with van der Waals surface area (Å²) in [5, 5.41) is 5.22. The van der Waals surface area contributed by atoms with Crippen LogP contribution in [0.15, 0.2) is 65.8 Å². The van der Waals surface area contributed by atoms with Crippen LogP contribution in [0.1, 0.15) is 28.2 Å². The van der Waals surface area contributed by atoms with Crippen molar-refractivity contribution in [3.8, 4) is 0 Å². The van der Waals surface area contributed by atoms with Gasteiger partial charge in [0.05, 0.1) is 21.6 Å². The van der Waals surface area contributed by atoms with Gasteiger partial charge in [0.25, 0.3) is 5.91 Å². The summed E-state index contributed by atoms with van der Waals surface area (Å²) in [5.41, 5.74) is 2.22. The molecule has 1 aliphatic heterocycles. The van der Waals surface area contributed by atoms with E-state index in [0.29, 0.717) is 0 Å². The minimum atomic E-state index is -0.0320. The Morgan fingerprint density at radius 3 is 2.85 bits per heavy atom. The van der Waals surface area contributed by atoms with Crippen LogP contribution in [0.25, 0.3) is 0 Å². The van der Waals surface area contributed by atoms with Crippen molar-refractivity contribution in [3.05, 3.63) is 71.2 Å². The third-order valence-electron chi connectivity index (χ3n) is 4.32. The molecule has 132 valence electrons. The average molecular weight is 382 g/mol. The number of aromatic nitrogens is 1. The Kier molecular flexibility index (Phi) is 4.95. The second-order valence-corrected chi connectivity index (χ2v) is 8.22. The predicted molar refractivity (Wildman–Crippen MR) is 109 cm³/mol. The number of nitrogens with one attached hydrogen (secondary N) is 1. The highest BCUT2D eigenvalue weighted by Crippen LogP contribution is 2.40. The van der Waals surface area contributed by atoms with Crippen LogP contribution in [0.4, 0.5) is 10.7 Å². The third-order valence-corrected chi connectivity index (χ3v) is 6.41. The molecule has 1 unspecified atom stereocenters. The summed E-state index contributed by atoms with van der Waals surface area (Å²) in [6, 6.07) is 18.0. The zero-order chi connectivity index (χ0) is 17.9. The van der Waals surface area contributed by atoms with Gasteiger partial charge in [0.2, 0.25) is 0 Å². The Labute approximate surface area is 161 Å². The lowest BCUT2D eigenvalue weighted by Crippen LogP contribution is -2.26. The number of thioether (sulfide) groups is 1. The molecule has 3 aromatic rings. The fraction of sp³-hybridized carbons (Fsp3) is 0.200. The molecule has 0 spiro atoms. The quantitative estimate of drug-likeness (QED) is 0.700. The summed E-state index contributed by atoms with van der Waals surface area (Å²) in [4.78, 5) is 20.1. The number of amides is 1. The number of hydrogen-bond acceptors (Lipinski definition) is 5. The van der Waals surface area contributed by atoms with Gasteiger partial charge < -0.3 is 10.2 Å². The van der Waals surface area contributed by atoms with Crippen molar-refractivity contribution in [3.63, 3.8) is 0 Å². The summed E-state index contributed by atoms with van der Waals surface area (Å²) in [6.45, 7) is 2.93. The van der Waals surface area contributed by atoms with Crippen LogP contribution in [0.3, 0.4) is 0 Å². The van der Waals surface area contributed by atoms with Crippen molar-refractivity contribution in [1.29, 1.82) is 0 Å². The minimum Gasteiger partial charge on any atom is -0.345 e. The highest BCUT2D eigenvalue weighted by Gasteiger charge is 2.22. The van der Waals surface area contributed by atoms with E-state index in [-0.39, 0.29) is 11.9 Å². The molecular formula is C20H19N3OS2. The van der Waals surface area contributed by atoms with Crippen LogP contribution in [0.2, 0.25) is 0 Å². The number of carbonyl (C=O) groups is 1. The lowest BCUT2D eigenvalue weighted by atomic mass is 10.1. The van der Waals surface area contributed by atoms with Gasteiger partial charge >= 0.3 is 0 Å². The first-order chi connectivity index (χ1) is 12.7. The summed E-state index contributed by atoms with van der Waals surface area (Å²) >= 11 is 3.30. The number of hydrogen-bond donors (Lipinski definition) is 1. The molecular weight excluding hydrogens is 362 g/mol. The molecule has 4 nitrogen and oxygen atoms in total. The molecule has 26 heavy (non-hydrogen) atoms. The molecule has 1 aliphatic rings. The first-order valence-corrected chi connectivity index (χ1v) is 10.3. The Hall–Kier alpha value is -2.31. The van der Waals surface area contributed by atoms with Gasteiger partial charge in [-0.3, -0.25) is 4.79 Å². The number of benzene rings is 1. The van der Waals surface area contributed by atoms with Gasteiger partial charge in [0.1, 0.15) is 5.03 Å². The molecule has 0 saturated carbocycles. The number of anilines is 2. The summed E-state index contributed by atoms with van der Waals surface area (Å²) in [5.74, 6) is 0.962. The van der Waals surface area contributed by atoms with Gasteiger partial charge in [-0.2, -0.15) is 0 Å². The number of carbonyl (C=O) groups excluding carboxylic acids is 1. The zero-order valence-corrected chi connectivity index (χ0v) is 16.0. The molecule has 0 aliphatic carbocycles. The number of thiophene rings is 1. The van der Waals surface area contributed by atoms with E-state index >= 15 is 0 Å². The van der Waals surface area contributed by atoms with Gasteiger partial charge in [-0.1, -0.05) is 30.3 Å². The van der Waals surface area contributed by atoms with Crippen LogP contribution in [-0.4, -0.2) is 23.2 Å². The molecule has 1 amide bonds. The molecule has 1 atom stereocenters. The second kappa shape index (κ2) is 7.51. The average Bonchev–Trinajstić information content (AvgIpc) is 3.18. The number of pyridine rings is 1. The largest absolute Gasteiger partial charge is 0.345 e. The van der Waals surface area contributed by atoms with E-state index in [9.17, 15) is 4.79 Å². The molecule has 0 fully saturated rings. The van der Waals surface area contributed by atoms with E-state index in [1.54, 1.807) is 11.8 Å². The van der Waals surface area contributed by atoms with E-state index < -0.39 is 0 Å². The highest BCUT2D eigenvalue weighted by molar-refractivity contribution is 7.99. The SMILES string of the molecule is CC(NC(=O)c1ccc(N2CCSc3ncccc32)s1)c1ccccc1. The summed E-state index contributed by atoms with van der Waals surface area (Å²) in [7, 11) is 0. The number of fused-ring (bicyclic) bond motifs is 1. The summed E-state index contributed by atoms with van der Waals surface area (Å²) < 4.78 is 0. The van der Waals surface area contributed by atoms with Crippen molar-refractivity contribution >= 4 is 39.7 Å². The fourth-order valence-corrected chi connectivity index (χ4v) is 4.85. The van der Waals surface area contributed by atoms with E-state index in [2.05, 4.69) is 21.3 Å². The lowest BCUT2D eigenvalue weighted by Gasteiger charge is -2.28. The van der Waals surface area contributed by atoms with Crippen molar-refractivity contribution < 1.29 is 4.79 Å². The van der Waals surface area contributed by atoms with Crippen molar-refractivity contribution in [2.24, 2.45) is 0 Å². The number of rotatable bonds is 4. The first kappa shape index (κ1) is 17.1. The Bertz CT molecular complexity index is 910. The van der Waals surface area contributed by atoms with Crippen molar-refractivity contribution in [2.75, 3.05) is 17.2 Å². The van der Waals surface area contributed by atoms with E-state index in [0.717, 1.165) is 38.5 Å². The fourth-order valence-electron chi connectivity index (χ4n) is 2.97. The van der Waals surface area contributed by atoms with Gasteiger partial charge in [-0.15, -0.1) is 23.1 Å². The van der Waals surface area contributed by atoms with Crippen LogP contribution in [0, 0.1) is 0 Å². The van der Waals surface area contributed by atoms with Crippen LogP contribution >= 0.6 is 23.1 Å². The first-order valence-electron chi connectivity index (χ1n) is 8.53. The Morgan fingerprint density at radius 1 is 1.15 bits per heavy atom. The maximum Gasteiger partial charge on any atom is 0.261 e. The third kappa shape index (κ3) is 3.48. The van der Waals surface area contributed by atoms with E-state index in [1.807, 2.05) is 61.7 Å². The van der Waals surface area contributed by atoms with E-state index in [1.165, 1.54) is 11.3 Å². The monoisotopic (exact) mass is 381 g/mol. The van der Waals surface area contributed by atoms with Crippen molar-refractivity contribution in [2.45, 2.75) is 18.0 Å². The predicted octanol–water partition coefficient (Wildman–Crippen LogP) is 4.88. The molecule has 4 rings (SSSR count). The molecule has 0 radical (unpaired) electrons. The number of nitrogens with zero attached hydrogens (tertiary/aromatic N) is 2. The zero-order valence-electron chi connectivity index (χ0n) is 14.4. The smallest absolute Gasteiger partial charge is 0.261 e. The normalized spacial score (nSPS) is 14.6. The van der Waals surface area contributed by atoms with Crippen LogP contribution < -0.4 is 10.2 Å². The van der Waals surface area contributed by atoms with Gasteiger partial charge in [-0.05, 0) is 36.8 Å². The molecule has 2 aromatic heterocycles. The molecule has 1 N–H and O–H groups in total. The minimum absolute atomic E-state index is 0.0226. The molecule has 0 saturated heterocycles. The Balaban J connectivity index is 1.51. The molecule has 0 bridgehead atoms. The van der Waals surface area contributed by atoms with Gasteiger partial charge in [0.15, 0.2) is 0 Å². The Morgan fingerprint density at radius 2 is 2.00 bits per heavy atom. The second-order valence-electron chi connectivity index (χ2n) is 6.07. The molecule has 6 heteroatoms. The van der Waals surface area contributed by atoms with Crippen LogP contribution in [0.5, 0.6) is 0 Å². The van der Waals surface area contributed by atoms with Crippen molar-refractivity contribution in [1.82, 2.24) is 10.3 Å². The standard InChI is InChI=1S/C20H19N3OS2/c1-14(15-6-3-2-4-7-15)22-19(24)17-9-10-18(26-17)23-12-13-25-20-16(23)8-5-11-21-20/h2-11,14H,12-13H2,1H3,(H,22,24). The van der Waals surface area contributed by atoms with E-state index in [4.69, 9.17) is 0 Å². The maximum atomic E-state index is 12.6. The van der Waals surface area contributed by atoms with Gasteiger partial charge in [-0.25, -0.2) is 4.98 Å².